The molecule has 22 heavy (non-hydrogen) atoms. The van der Waals surface area contributed by atoms with E-state index in [0.29, 0.717) is 27.5 Å². The Balaban J connectivity index is 2.11. The normalized spacial score (nSPS) is 19.5. The summed E-state index contributed by atoms with van der Waals surface area (Å²) in [7, 11) is -1.94. The third kappa shape index (κ3) is 1.92. The van der Waals surface area contributed by atoms with E-state index in [4.69, 9.17) is 0 Å². The average Bonchev–Trinajstić information content (AvgIpc) is 2.92. The summed E-state index contributed by atoms with van der Waals surface area (Å²) in [5.74, 6) is 0. The summed E-state index contributed by atoms with van der Waals surface area (Å²) >= 11 is 0. The van der Waals surface area contributed by atoms with Crippen LogP contribution in [0.1, 0.15) is 11.1 Å². The highest BCUT2D eigenvalue weighted by atomic mass is 32.2. The number of fused-ring (bicyclic) bond motifs is 4. The number of halogens is 3. The smallest absolute Gasteiger partial charge is 0.288 e. The van der Waals surface area contributed by atoms with Crippen molar-refractivity contribution in [2.45, 2.75) is 15.3 Å². The highest BCUT2D eigenvalue weighted by molar-refractivity contribution is 7.98. The van der Waals surface area contributed by atoms with Crippen LogP contribution in [-0.2, 0) is 10.9 Å². The van der Waals surface area contributed by atoms with Crippen LogP contribution >= 0.6 is 0 Å². The quantitative estimate of drug-likeness (QED) is 0.632. The molecular formula is C17H11F3NS+. The Labute approximate surface area is 128 Å². The van der Waals surface area contributed by atoms with Crippen LogP contribution in [0.5, 0.6) is 0 Å². The van der Waals surface area contributed by atoms with E-state index in [1.165, 1.54) is 0 Å². The summed E-state index contributed by atoms with van der Waals surface area (Å²) in [5.41, 5.74) is -1.27. The molecule has 1 nitrogen and oxygen atoms in total. The van der Waals surface area contributed by atoms with Gasteiger partial charge in [-0.05, 0) is 29.8 Å². The Kier molecular flexibility index (Phi) is 2.94. The minimum Gasteiger partial charge on any atom is -0.288 e. The fourth-order valence-corrected chi connectivity index (χ4v) is 4.96. The van der Waals surface area contributed by atoms with Crippen LogP contribution in [0, 0.1) is 0 Å². The van der Waals surface area contributed by atoms with Gasteiger partial charge in [-0.1, -0.05) is 24.3 Å². The SMILES string of the molecule is FC(F)(F)[S+]1c2ccccc2C2=C(CN=C2)c2ccccc21. The van der Waals surface area contributed by atoms with Crippen molar-refractivity contribution in [1.82, 2.24) is 0 Å². The molecule has 0 N–H and O–H groups in total. The highest BCUT2D eigenvalue weighted by Crippen LogP contribution is 2.48. The second-order valence-corrected chi connectivity index (χ2v) is 7.06. The third-order valence-corrected chi connectivity index (χ3v) is 5.91. The molecule has 110 valence electrons. The second-order valence-electron chi connectivity index (χ2n) is 5.11. The molecule has 1 unspecified atom stereocenters. The van der Waals surface area contributed by atoms with E-state index in [2.05, 4.69) is 4.99 Å². The molecule has 2 aliphatic heterocycles. The number of hydrogen-bond donors (Lipinski definition) is 0. The van der Waals surface area contributed by atoms with Crippen molar-refractivity contribution in [3.63, 3.8) is 0 Å². The lowest BCUT2D eigenvalue weighted by Gasteiger charge is -2.12. The first kappa shape index (κ1) is 13.6. The van der Waals surface area contributed by atoms with Gasteiger partial charge < -0.3 is 0 Å². The summed E-state index contributed by atoms with van der Waals surface area (Å²) in [5, 5.41) is 0. The van der Waals surface area contributed by atoms with Crippen LogP contribution in [0.2, 0.25) is 0 Å². The number of hydrogen-bond acceptors (Lipinski definition) is 1. The summed E-state index contributed by atoms with van der Waals surface area (Å²) in [6.07, 6.45) is 1.70. The van der Waals surface area contributed by atoms with Gasteiger partial charge in [0.2, 0.25) is 0 Å². The van der Waals surface area contributed by atoms with Gasteiger partial charge in [0.1, 0.15) is 0 Å². The van der Waals surface area contributed by atoms with Crippen LogP contribution in [0.15, 0.2) is 63.3 Å². The monoisotopic (exact) mass is 318 g/mol. The van der Waals surface area contributed by atoms with Crippen molar-refractivity contribution < 1.29 is 13.2 Å². The maximum Gasteiger partial charge on any atom is 0.586 e. The third-order valence-electron chi connectivity index (χ3n) is 3.86. The van der Waals surface area contributed by atoms with Gasteiger partial charge >= 0.3 is 5.51 Å². The van der Waals surface area contributed by atoms with Crippen molar-refractivity contribution in [2.24, 2.45) is 4.99 Å². The summed E-state index contributed by atoms with van der Waals surface area (Å²) < 4.78 is 41.4. The van der Waals surface area contributed by atoms with Gasteiger partial charge in [0.25, 0.3) is 0 Å². The minimum atomic E-state index is -4.30. The van der Waals surface area contributed by atoms with Gasteiger partial charge in [-0.3, -0.25) is 4.99 Å². The van der Waals surface area contributed by atoms with Crippen LogP contribution in [0.3, 0.4) is 0 Å². The van der Waals surface area contributed by atoms with E-state index < -0.39 is 16.4 Å². The summed E-state index contributed by atoms with van der Waals surface area (Å²) in [4.78, 5) is 4.96. The van der Waals surface area contributed by atoms with E-state index in [0.717, 1.165) is 11.1 Å². The zero-order chi connectivity index (χ0) is 15.3. The largest absolute Gasteiger partial charge is 0.586 e. The topological polar surface area (TPSA) is 12.4 Å². The van der Waals surface area contributed by atoms with Crippen LogP contribution in [0.25, 0.3) is 11.1 Å². The van der Waals surface area contributed by atoms with Crippen molar-refractivity contribution in [1.29, 1.82) is 0 Å². The number of allylic oxidation sites excluding steroid dienone is 1. The molecule has 5 heteroatoms. The van der Waals surface area contributed by atoms with E-state index in [9.17, 15) is 13.2 Å². The summed E-state index contributed by atoms with van der Waals surface area (Å²) in [6.45, 7) is 0.440. The van der Waals surface area contributed by atoms with Crippen molar-refractivity contribution in [2.75, 3.05) is 6.54 Å². The molecule has 0 saturated heterocycles. The van der Waals surface area contributed by atoms with Crippen LogP contribution < -0.4 is 0 Å². The molecule has 2 aromatic rings. The first-order valence-electron chi connectivity index (χ1n) is 6.80. The second kappa shape index (κ2) is 4.74. The number of rotatable bonds is 0. The highest BCUT2D eigenvalue weighted by Gasteiger charge is 2.57. The Morgan fingerprint density at radius 3 is 2.14 bits per heavy atom. The molecule has 2 aliphatic rings. The van der Waals surface area contributed by atoms with Crippen molar-refractivity contribution in [3.8, 4) is 0 Å². The average molecular weight is 318 g/mol. The number of benzene rings is 2. The van der Waals surface area contributed by atoms with Crippen LogP contribution in [0.4, 0.5) is 13.2 Å². The molecule has 1 atom stereocenters. The van der Waals surface area contributed by atoms with Crippen molar-refractivity contribution >= 4 is 28.3 Å². The summed E-state index contributed by atoms with van der Waals surface area (Å²) in [6, 6.07) is 13.6. The van der Waals surface area contributed by atoms with Gasteiger partial charge in [0.05, 0.1) is 6.54 Å². The van der Waals surface area contributed by atoms with E-state index >= 15 is 0 Å². The zero-order valence-electron chi connectivity index (χ0n) is 11.4. The first-order valence-corrected chi connectivity index (χ1v) is 8.03. The molecule has 2 aromatic carbocycles. The molecule has 0 aromatic heterocycles. The lowest BCUT2D eigenvalue weighted by atomic mass is 9.97. The van der Waals surface area contributed by atoms with Gasteiger partial charge in [-0.15, -0.1) is 13.2 Å². The van der Waals surface area contributed by atoms with Crippen molar-refractivity contribution in [3.05, 3.63) is 59.7 Å². The fraction of sp³-hybridized carbons (Fsp3) is 0.118. The van der Waals surface area contributed by atoms with E-state index in [1.54, 1.807) is 54.7 Å². The first-order chi connectivity index (χ1) is 10.6. The number of aliphatic imine (C=N–C) groups is 1. The Bertz CT molecular complexity index is 821. The fourth-order valence-electron chi connectivity index (χ4n) is 2.98. The molecule has 0 radical (unpaired) electrons. The Hall–Kier alpha value is -2.01. The molecule has 2 heterocycles. The molecular weight excluding hydrogens is 307 g/mol. The number of alkyl halides is 3. The maximum absolute atomic E-state index is 13.8. The molecule has 0 aliphatic carbocycles. The maximum atomic E-state index is 13.8. The number of nitrogens with zero attached hydrogens (tertiary/aromatic N) is 1. The lowest BCUT2D eigenvalue weighted by Crippen LogP contribution is -2.25. The standard InChI is InChI=1S/C17H11F3NS/c18-17(19,20)22-15-7-3-1-5-11(15)13-9-21-10-14(13)12-6-2-4-8-16(12)22/h1-9H,10H2/q+1. The Morgan fingerprint density at radius 2 is 1.45 bits per heavy atom. The lowest BCUT2D eigenvalue weighted by molar-refractivity contribution is -0.0371. The predicted octanol–water partition coefficient (Wildman–Crippen LogP) is 4.55. The molecule has 0 saturated carbocycles. The van der Waals surface area contributed by atoms with Gasteiger partial charge in [0.15, 0.2) is 20.7 Å². The van der Waals surface area contributed by atoms with Gasteiger partial charge in [-0.2, -0.15) is 0 Å². The molecule has 0 fully saturated rings. The molecule has 0 spiro atoms. The van der Waals surface area contributed by atoms with E-state index in [1.807, 2.05) is 0 Å². The molecule has 4 rings (SSSR count). The van der Waals surface area contributed by atoms with Crippen LogP contribution in [-0.4, -0.2) is 18.3 Å². The predicted molar refractivity (Wildman–Crippen MR) is 83.0 cm³/mol. The minimum absolute atomic E-state index is 0.334. The molecule has 0 amide bonds. The zero-order valence-corrected chi connectivity index (χ0v) is 12.2. The van der Waals surface area contributed by atoms with E-state index in [-0.39, 0.29) is 0 Å². The Morgan fingerprint density at radius 1 is 0.864 bits per heavy atom. The molecule has 0 bridgehead atoms. The van der Waals surface area contributed by atoms with Gasteiger partial charge in [-0.25, -0.2) is 0 Å². The van der Waals surface area contributed by atoms with Gasteiger partial charge in [0, 0.05) is 22.9 Å².